The van der Waals surface area contributed by atoms with Crippen LogP contribution in [0.5, 0.6) is 0 Å². The van der Waals surface area contributed by atoms with E-state index in [1.165, 1.54) is 0 Å². The predicted octanol–water partition coefficient (Wildman–Crippen LogP) is 2.42. The Hall–Kier alpha value is -0.730. The Morgan fingerprint density at radius 1 is 1.50 bits per heavy atom. The Morgan fingerprint density at radius 2 is 2.08 bits per heavy atom. The zero-order valence-corrected chi connectivity index (χ0v) is 8.41. The average Bonchev–Trinajstić information content (AvgIpc) is 2.05. The Bertz CT molecular complexity index is 170. The largest absolute Gasteiger partial charge is 0.301 e. The lowest BCUT2D eigenvalue weighted by Gasteiger charge is -2.34. The zero-order valence-electron chi connectivity index (χ0n) is 8.41. The summed E-state index contributed by atoms with van der Waals surface area (Å²) in [6.45, 7) is 7.90. The molecule has 0 aromatic heterocycles. The minimum atomic E-state index is 0.199. The van der Waals surface area contributed by atoms with Gasteiger partial charge in [-0.25, -0.2) is 0 Å². The third-order valence-electron chi connectivity index (χ3n) is 2.50. The van der Waals surface area contributed by atoms with Gasteiger partial charge in [-0.05, 0) is 32.8 Å². The van der Waals surface area contributed by atoms with Crippen molar-refractivity contribution in [3.8, 4) is 0 Å². The average molecular weight is 170 g/mol. The van der Waals surface area contributed by atoms with Gasteiger partial charge in [-0.2, -0.15) is 0 Å². The normalized spacial score (nSPS) is 11.4. The molecule has 0 aromatic carbocycles. The summed E-state index contributed by atoms with van der Waals surface area (Å²) in [5.41, 5.74) is 8.28. The lowest BCUT2D eigenvalue weighted by Crippen LogP contribution is -2.41. The van der Waals surface area contributed by atoms with Crippen LogP contribution in [0.15, 0.2) is 5.11 Å². The molecule has 0 aromatic rings. The Morgan fingerprint density at radius 3 is 2.50 bits per heavy atom. The number of hydrogen-bond donors (Lipinski definition) is 0. The smallest absolute Gasteiger partial charge is 0.0385 e. The molecule has 0 bridgehead atoms. The first-order valence-corrected chi connectivity index (χ1v) is 4.26. The lowest BCUT2D eigenvalue weighted by atomic mass is 10.0. The number of azide groups is 1. The highest BCUT2D eigenvalue weighted by Gasteiger charge is 2.19. The minimum absolute atomic E-state index is 0.199. The van der Waals surface area contributed by atoms with Crippen LogP contribution in [0.4, 0.5) is 0 Å². The van der Waals surface area contributed by atoms with E-state index in [1.807, 2.05) is 0 Å². The van der Waals surface area contributed by atoms with E-state index in [0.717, 1.165) is 13.0 Å². The van der Waals surface area contributed by atoms with Crippen molar-refractivity contribution in [2.75, 3.05) is 20.1 Å². The number of nitrogens with zero attached hydrogens (tertiary/aromatic N) is 4. The number of hydrogen-bond acceptors (Lipinski definition) is 2. The third-order valence-corrected chi connectivity index (χ3v) is 2.50. The molecule has 0 radical (unpaired) electrons. The van der Waals surface area contributed by atoms with Crippen molar-refractivity contribution in [3.05, 3.63) is 10.4 Å². The van der Waals surface area contributed by atoms with Gasteiger partial charge in [-0.15, -0.1) is 0 Å². The van der Waals surface area contributed by atoms with Gasteiger partial charge in [0, 0.05) is 23.5 Å². The van der Waals surface area contributed by atoms with Crippen molar-refractivity contribution >= 4 is 0 Å². The molecule has 0 fully saturated rings. The molecular formula is C8H18N4. The summed E-state index contributed by atoms with van der Waals surface area (Å²) in [4.78, 5) is 4.92. The fraction of sp³-hybridized carbons (Fsp3) is 1.00. The van der Waals surface area contributed by atoms with E-state index >= 15 is 0 Å². The van der Waals surface area contributed by atoms with Gasteiger partial charge in [-0.1, -0.05) is 12.0 Å². The van der Waals surface area contributed by atoms with Gasteiger partial charge in [0.2, 0.25) is 0 Å². The first-order chi connectivity index (χ1) is 5.54. The highest BCUT2D eigenvalue weighted by Crippen LogP contribution is 2.15. The maximum Gasteiger partial charge on any atom is 0.0385 e. The van der Waals surface area contributed by atoms with E-state index in [4.69, 9.17) is 5.53 Å². The summed E-state index contributed by atoms with van der Waals surface area (Å²) < 4.78 is 0. The first-order valence-electron chi connectivity index (χ1n) is 4.26. The van der Waals surface area contributed by atoms with Gasteiger partial charge < -0.3 is 4.90 Å². The van der Waals surface area contributed by atoms with Crippen molar-refractivity contribution in [2.24, 2.45) is 5.11 Å². The molecule has 4 heteroatoms. The predicted molar refractivity (Wildman–Crippen MR) is 51.0 cm³/mol. The van der Waals surface area contributed by atoms with E-state index in [0.29, 0.717) is 6.54 Å². The second-order valence-electron chi connectivity index (χ2n) is 3.54. The van der Waals surface area contributed by atoms with Gasteiger partial charge >= 0.3 is 0 Å². The van der Waals surface area contributed by atoms with Crippen LogP contribution in [0.1, 0.15) is 27.2 Å². The molecule has 0 unspecified atom stereocenters. The van der Waals surface area contributed by atoms with E-state index in [9.17, 15) is 0 Å². The van der Waals surface area contributed by atoms with Crippen LogP contribution >= 0.6 is 0 Å². The lowest BCUT2D eigenvalue weighted by molar-refractivity contribution is 0.156. The maximum absolute atomic E-state index is 8.08. The van der Waals surface area contributed by atoms with Crippen molar-refractivity contribution in [2.45, 2.75) is 32.7 Å². The molecular weight excluding hydrogens is 152 g/mol. The molecule has 0 aliphatic carbocycles. The van der Waals surface area contributed by atoms with Gasteiger partial charge in [0.15, 0.2) is 0 Å². The van der Waals surface area contributed by atoms with Crippen molar-refractivity contribution in [1.29, 1.82) is 0 Å². The van der Waals surface area contributed by atoms with E-state index in [2.05, 4.69) is 42.7 Å². The minimum Gasteiger partial charge on any atom is -0.301 e. The fourth-order valence-electron chi connectivity index (χ4n) is 0.812. The molecule has 0 amide bonds. The van der Waals surface area contributed by atoms with Gasteiger partial charge in [0.05, 0.1) is 0 Å². The number of rotatable bonds is 5. The number of likely N-dealkylation sites (N-methyl/N-ethyl adjacent to an activating group) is 1. The highest BCUT2D eigenvalue weighted by atomic mass is 15.2. The van der Waals surface area contributed by atoms with E-state index < -0.39 is 0 Å². The molecule has 0 aliphatic heterocycles. The van der Waals surface area contributed by atoms with Gasteiger partial charge in [-0.3, -0.25) is 0 Å². The van der Waals surface area contributed by atoms with Gasteiger partial charge in [0.25, 0.3) is 0 Å². The summed E-state index contributed by atoms with van der Waals surface area (Å²) >= 11 is 0. The molecule has 70 valence electrons. The fourth-order valence-corrected chi connectivity index (χ4v) is 0.812. The molecule has 0 aliphatic rings. The first kappa shape index (κ1) is 11.3. The van der Waals surface area contributed by atoms with Crippen molar-refractivity contribution < 1.29 is 0 Å². The van der Waals surface area contributed by atoms with Crippen molar-refractivity contribution in [3.63, 3.8) is 0 Å². The molecule has 0 saturated heterocycles. The maximum atomic E-state index is 8.08. The van der Waals surface area contributed by atoms with Crippen molar-refractivity contribution in [1.82, 2.24) is 4.90 Å². The molecule has 0 saturated carbocycles. The van der Waals surface area contributed by atoms with Crippen LogP contribution in [0.25, 0.3) is 10.4 Å². The van der Waals surface area contributed by atoms with Crippen LogP contribution in [0, 0.1) is 0 Å². The summed E-state index contributed by atoms with van der Waals surface area (Å²) in [7, 11) is 2.05. The summed E-state index contributed by atoms with van der Waals surface area (Å²) in [5, 5.41) is 3.50. The molecule has 12 heavy (non-hydrogen) atoms. The van der Waals surface area contributed by atoms with E-state index in [1.54, 1.807) is 0 Å². The summed E-state index contributed by atoms with van der Waals surface area (Å²) in [5.74, 6) is 0. The van der Waals surface area contributed by atoms with Crippen LogP contribution < -0.4 is 0 Å². The third kappa shape index (κ3) is 3.60. The second kappa shape index (κ2) is 5.01. The molecule has 0 atom stereocenters. The Labute approximate surface area is 74.2 Å². The summed E-state index contributed by atoms with van der Waals surface area (Å²) in [6, 6.07) is 0. The Balaban J connectivity index is 3.85. The molecule has 0 rings (SSSR count). The second-order valence-corrected chi connectivity index (χ2v) is 3.54. The SMILES string of the molecule is CCC(C)(C)N(C)CCN=[N+]=[N-]. The standard InChI is InChI=1S/C8H18N4/c1-5-8(2,3)12(4)7-6-10-11-9/h5-7H2,1-4H3. The Kier molecular flexibility index (Phi) is 4.71. The van der Waals surface area contributed by atoms with E-state index in [-0.39, 0.29) is 5.54 Å². The quantitative estimate of drug-likeness (QED) is 0.355. The highest BCUT2D eigenvalue weighted by molar-refractivity contribution is 4.77. The zero-order chi connectivity index (χ0) is 9.61. The molecule has 0 N–H and O–H groups in total. The molecule has 0 spiro atoms. The summed E-state index contributed by atoms with van der Waals surface area (Å²) in [6.07, 6.45) is 1.10. The van der Waals surface area contributed by atoms with Crippen LogP contribution in [-0.2, 0) is 0 Å². The van der Waals surface area contributed by atoms with Crippen LogP contribution in [-0.4, -0.2) is 30.6 Å². The van der Waals surface area contributed by atoms with Crippen LogP contribution in [0.3, 0.4) is 0 Å². The topological polar surface area (TPSA) is 52.0 Å². The van der Waals surface area contributed by atoms with Crippen LogP contribution in [0.2, 0.25) is 0 Å². The monoisotopic (exact) mass is 170 g/mol. The molecule has 4 nitrogen and oxygen atoms in total. The molecule has 0 heterocycles. The van der Waals surface area contributed by atoms with Gasteiger partial charge in [0.1, 0.15) is 0 Å².